The van der Waals surface area contributed by atoms with Gasteiger partial charge >= 0.3 is 0 Å². The van der Waals surface area contributed by atoms with E-state index in [2.05, 4.69) is 19.6 Å². The predicted octanol–water partition coefficient (Wildman–Crippen LogP) is 3.01. The fourth-order valence-electron chi connectivity index (χ4n) is 1.48. The summed E-state index contributed by atoms with van der Waals surface area (Å²) in [5.74, 6) is -0.0135. The molecule has 0 bridgehead atoms. The van der Waals surface area contributed by atoms with Crippen LogP contribution in [0.3, 0.4) is 0 Å². The Morgan fingerprint density at radius 2 is 2.00 bits per heavy atom. The summed E-state index contributed by atoms with van der Waals surface area (Å²) in [5, 5.41) is -0.0663. The van der Waals surface area contributed by atoms with Gasteiger partial charge in [0, 0.05) is 12.3 Å². The van der Waals surface area contributed by atoms with Crippen LogP contribution in [0.25, 0.3) is 0 Å². The van der Waals surface area contributed by atoms with E-state index in [0.29, 0.717) is 12.8 Å². The molecule has 1 atom stereocenters. The lowest BCUT2D eigenvalue weighted by Gasteiger charge is -2.10. The van der Waals surface area contributed by atoms with Crippen molar-refractivity contribution < 1.29 is 9.59 Å². The Morgan fingerprint density at radius 1 is 1.29 bits per heavy atom. The lowest BCUT2D eigenvalue weighted by Crippen LogP contribution is -2.09. The van der Waals surface area contributed by atoms with Gasteiger partial charge in [-0.1, -0.05) is 32.6 Å². The Kier molecular flexibility index (Phi) is 9.05. The Bertz CT molecular complexity index is 169. The van der Waals surface area contributed by atoms with Crippen LogP contribution in [0.4, 0.5) is 0 Å². The van der Waals surface area contributed by atoms with Gasteiger partial charge in [-0.2, -0.15) is 0 Å². The van der Waals surface area contributed by atoms with Crippen LogP contribution in [0.2, 0.25) is 0 Å². The maximum absolute atomic E-state index is 11.1. The van der Waals surface area contributed by atoms with E-state index in [9.17, 15) is 9.59 Å². The fourth-order valence-corrected chi connectivity index (χ4v) is 1.74. The molecule has 0 N–H and O–H groups in total. The molecule has 0 radical (unpaired) electrons. The summed E-state index contributed by atoms with van der Waals surface area (Å²) in [6, 6.07) is 0. The van der Waals surface area contributed by atoms with Gasteiger partial charge in [0.05, 0.1) is 0 Å². The molecule has 0 aliphatic heterocycles. The molecule has 82 valence electrons. The third kappa shape index (κ3) is 7.13. The highest BCUT2D eigenvalue weighted by molar-refractivity contribution is 7.96. The molecule has 0 aromatic heterocycles. The average molecular weight is 216 g/mol. The maximum Gasteiger partial charge on any atom is 0.189 e. The fraction of sp³-hybridized carbons (Fsp3) is 0.818. The summed E-state index contributed by atoms with van der Waals surface area (Å²) in [6.45, 7) is 2.16. The molecule has 1 unspecified atom stereocenters. The second kappa shape index (κ2) is 9.25. The molecule has 0 saturated carbocycles. The van der Waals surface area contributed by atoms with Crippen molar-refractivity contribution in [1.82, 2.24) is 0 Å². The van der Waals surface area contributed by atoms with Crippen molar-refractivity contribution in [2.45, 2.75) is 51.9 Å². The van der Waals surface area contributed by atoms with Gasteiger partial charge in [0.1, 0.15) is 6.29 Å². The van der Waals surface area contributed by atoms with Crippen LogP contribution >= 0.6 is 12.6 Å². The van der Waals surface area contributed by atoms with Crippen molar-refractivity contribution >= 4 is 24.0 Å². The van der Waals surface area contributed by atoms with Crippen molar-refractivity contribution in [2.75, 3.05) is 0 Å². The number of carbonyl (C=O) groups is 2. The molecular weight excluding hydrogens is 196 g/mol. The van der Waals surface area contributed by atoms with Crippen LogP contribution in [0.15, 0.2) is 0 Å². The average Bonchev–Trinajstić information content (AvgIpc) is 2.16. The van der Waals surface area contributed by atoms with Gasteiger partial charge in [-0.3, -0.25) is 4.79 Å². The van der Waals surface area contributed by atoms with Crippen molar-refractivity contribution in [3.05, 3.63) is 0 Å². The molecule has 14 heavy (non-hydrogen) atoms. The lowest BCUT2D eigenvalue weighted by molar-refractivity contribution is -0.114. The standard InChI is InChI=1S/C11H20O2S/c1-2-3-4-5-7-10(11(13)14)8-6-9-12/h9-10H,2-8H2,1H3,(H,13,14). The Labute approximate surface area is 91.9 Å². The van der Waals surface area contributed by atoms with Crippen LogP contribution in [-0.2, 0) is 9.59 Å². The molecule has 0 aromatic rings. The number of carbonyl (C=O) groups excluding carboxylic acids is 2. The Morgan fingerprint density at radius 3 is 2.50 bits per heavy atom. The lowest BCUT2D eigenvalue weighted by atomic mass is 9.97. The van der Waals surface area contributed by atoms with E-state index in [1.807, 2.05) is 0 Å². The number of thiol groups is 1. The third-order valence-electron chi connectivity index (χ3n) is 2.39. The van der Waals surface area contributed by atoms with Crippen LogP contribution in [0, 0.1) is 5.92 Å². The SMILES string of the molecule is CCCCCCC(CCC=O)C(=O)S. The zero-order valence-electron chi connectivity index (χ0n) is 8.87. The molecule has 0 aliphatic rings. The summed E-state index contributed by atoms with van der Waals surface area (Å²) in [6.07, 6.45) is 7.57. The highest BCUT2D eigenvalue weighted by atomic mass is 32.1. The van der Waals surface area contributed by atoms with Gasteiger partial charge in [0.2, 0.25) is 0 Å². The first-order valence-corrected chi connectivity index (χ1v) is 5.83. The normalized spacial score (nSPS) is 12.4. The molecule has 3 heteroatoms. The van der Waals surface area contributed by atoms with Gasteiger partial charge in [-0.25, -0.2) is 0 Å². The first-order valence-electron chi connectivity index (χ1n) is 5.38. The molecular formula is C11H20O2S. The largest absolute Gasteiger partial charge is 0.303 e. The third-order valence-corrected chi connectivity index (χ3v) is 2.75. The summed E-state index contributed by atoms with van der Waals surface area (Å²) in [4.78, 5) is 21.2. The van der Waals surface area contributed by atoms with Crippen molar-refractivity contribution in [3.63, 3.8) is 0 Å². The Balaban J connectivity index is 3.62. The van der Waals surface area contributed by atoms with Gasteiger partial charge < -0.3 is 4.79 Å². The van der Waals surface area contributed by atoms with Crippen molar-refractivity contribution in [1.29, 1.82) is 0 Å². The van der Waals surface area contributed by atoms with Crippen molar-refractivity contribution in [3.8, 4) is 0 Å². The van der Waals surface area contributed by atoms with Crippen LogP contribution in [-0.4, -0.2) is 11.4 Å². The van der Waals surface area contributed by atoms with Crippen LogP contribution < -0.4 is 0 Å². The van der Waals surface area contributed by atoms with Crippen LogP contribution in [0.1, 0.15) is 51.9 Å². The molecule has 0 rings (SSSR count). The summed E-state index contributed by atoms with van der Waals surface area (Å²) < 4.78 is 0. The van der Waals surface area contributed by atoms with Gasteiger partial charge in [-0.05, 0) is 12.8 Å². The van der Waals surface area contributed by atoms with Gasteiger partial charge in [0.15, 0.2) is 5.12 Å². The first kappa shape index (κ1) is 13.7. The summed E-state index contributed by atoms with van der Waals surface area (Å²) in [7, 11) is 0. The highest BCUT2D eigenvalue weighted by Gasteiger charge is 2.13. The predicted molar refractivity (Wildman–Crippen MR) is 61.5 cm³/mol. The number of rotatable bonds is 9. The second-order valence-corrected chi connectivity index (χ2v) is 4.07. The molecule has 0 aliphatic carbocycles. The molecule has 0 spiro atoms. The van der Waals surface area contributed by atoms with E-state index in [1.165, 1.54) is 19.3 Å². The minimum absolute atomic E-state index is 0.0135. The van der Waals surface area contributed by atoms with E-state index in [4.69, 9.17) is 0 Å². The quantitative estimate of drug-likeness (QED) is 0.365. The monoisotopic (exact) mass is 216 g/mol. The van der Waals surface area contributed by atoms with E-state index >= 15 is 0 Å². The number of hydrogen-bond donors (Lipinski definition) is 1. The van der Waals surface area contributed by atoms with Gasteiger partial charge in [-0.15, -0.1) is 12.6 Å². The topological polar surface area (TPSA) is 34.1 Å². The Hall–Kier alpha value is -0.310. The van der Waals surface area contributed by atoms with Gasteiger partial charge in [0.25, 0.3) is 0 Å². The molecule has 2 nitrogen and oxygen atoms in total. The van der Waals surface area contributed by atoms with Crippen LogP contribution in [0.5, 0.6) is 0 Å². The number of aldehydes is 1. The zero-order valence-corrected chi connectivity index (χ0v) is 9.76. The first-order chi connectivity index (χ1) is 6.72. The highest BCUT2D eigenvalue weighted by Crippen LogP contribution is 2.18. The molecule has 0 heterocycles. The zero-order chi connectivity index (χ0) is 10.8. The number of hydrogen-bond acceptors (Lipinski definition) is 2. The summed E-state index contributed by atoms with van der Waals surface area (Å²) in [5.41, 5.74) is 0. The van der Waals surface area contributed by atoms with Crippen molar-refractivity contribution in [2.24, 2.45) is 5.92 Å². The van der Waals surface area contributed by atoms with E-state index in [-0.39, 0.29) is 11.0 Å². The summed E-state index contributed by atoms with van der Waals surface area (Å²) >= 11 is 3.84. The van der Waals surface area contributed by atoms with E-state index in [0.717, 1.165) is 19.1 Å². The van der Waals surface area contributed by atoms with E-state index < -0.39 is 0 Å². The minimum atomic E-state index is -0.0663. The molecule has 0 amide bonds. The molecule has 0 aromatic carbocycles. The second-order valence-electron chi connectivity index (χ2n) is 3.63. The maximum atomic E-state index is 11.1. The molecule has 0 fully saturated rings. The molecule has 0 saturated heterocycles. The number of unbranched alkanes of at least 4 members (excludes halogenated alkanes) is 3. The van der Waals surface area contributed by atoms with E-state index in [1.54, 1.807) is 0 Å². The minimum Gasteiger partial charge on any atom is -0.303 e. The smallest absolute Gasteiger partial charge is 0.189 e.